The molecule has 14 heavy (non-hydrogen) atoms. The van der Waals surface area contributed by atoms with E-state index in [9.17, 15) is 5.11 Å². The highest BCUT2D eigenvalue weighted by Crippen LogP contribution is 2.39. The van der Waals surface area contributed by atoms with E-state index in [0.29, 0.717) is 12.2 Å². The van der Waals surface area contributed by atoms with Gasteiger partial charge in [0.25, 0.3) is 0 Å². The lowest BCUT2D eigenvalue weighted by Gasteiger charge is -2.37. The lowest BCUT2D eigenvalue weighted by molar-refractivity contribution is -0.0570. The van der Waals surface area contributed by atoms with Gasteiger partial charge in [-0.25, -0.2) is 0 Å². The third kappa shape index (κ3) is 1.51. The van der Waals surface area contributed by atoms with Crippen LogP contribution in [-0.4, -0.2) is 18.2 Å². The molecule has 0 aromatic carbocycles. The highest BCUT2D eigenvalue weighted by Gasteiger charge is 2.41. The van der Waals surface area contributed by atoms with Crippen LogP contribution in [0.4, 0.5) is 0 Å². The number of halogens is 1. The summed E-state index contributed by atoms with van der Waals surface area (Å²) >= 11 is 3.39. The van der Waals surface area contributed by atoms with E-state index < -0.39 is 5.60 Å². The lowest BCUT2D eigenvalue weighted by atomic mass is 9.81. The van der Waals surface area contributed by atoms with E-state index in [0.717, 1.165) is 17.6 Å². The van der Waals surface area contributed by atoms with Crippen LogP contribution in [-0.2, 0) is 5.60 Å². The number of furan rings is 1. The molecular weight excluding hydrogens is 246 g/mol. The number of aliphatic hydroxyl groups is 1. The molecule has 0 amide bonds. The summed E-state index contributed by atoms with van der Waals surface area (Å²) < 4.78 is 6.21. The number of nitrogens with one attached hydrogen (secondary N) is 1. The van der Waals surface area contributed by atoms with Gasteiger partial charge in [-0.1, -0.05) is 6.92 Å². The molecule has 1 aliphatic heterocycles. The second-order valence-corrected chi connectivity index (χ2v) is 4.73. The zero-order valence-corrected chi connectivity index (χ0v) is 9.67. The van der Waals surface area contributed by atoms with E-state index in [1.165, 1.54) is 0 Å². The predicted octanol–water partition coefficient (Wildman–Crippen LogP) is 1.86. The highest BCUT2D eigenvalue weighted by atomic mass is 79.9. The molecule has 2 rings (SSSR count). The SMILES string of the molecule is CC1CNCCC1(O)c1occc1Br. The Morgan fingerprint density at radius 1 is 1.71 bits per heavy atom. The van der Waals surface area contributed by atoms with Crippen LogP contribution in [0.25, 0.3) is 0 Å². The minimum Gasteiger partial charge on any atom is -0.465 e. The summed E-state index contributed by atoms with van der Waals surface area (Å²) in [5.74, 6) is 0.824. The Hall–Kier alpha value is -0.320. The minimum absolute atomic E-state index is 0.165. The van der Waals surface area contributed by atoms with Crippen molar-refractivity contribution in [2.24, 2.45) is 5.92 Å². The Morgan fingerprint density at radius 3 is 3.07 bits per heavy atom. The Morgan fingerprint density at radius 2 is 2.50 bits per heavy atom. The summed E-state index contributed by atoms with van der Waals surface area (Å²) in [5.41, 5.74) is -0.826. The smallest absolute Gasteiger partial charge is 0.149 e. The zero-order chi connectivity index (χ0) is 10.2. The highest BCUT2D eigenvalue weighted by molar-refractivity contribution is 9.10. The van der Waals surface area contributed by atoms with Gasteiger partial charge in [0.1, 0.15) is 11.4 Å². The molecule has 2 N–H and O–H groups in total. The lowest BCUT2D eigenvalue weighted by Crippen LogP contribution is -2.46. The van der Waals surface area contributed by atoms with Gasteiger partial charge in [0.2, 0.25) is 0 Å². The predicted molar refractivity (Wildman–Crippen MR) is 57.0 cm³/mol. The molecule has 2 atom stereocenters. The van der Waals surface area contributed by atoms with Crippen LogP contribution in [0.15, 0.2) is 21.2 Å². The van der Waals surface area contributed by atoms with E-state index in [2.05, 4.69) is 21.2 Å². The molecule has 1 fully saturated rings. The van der Waals surface area contributed by atoms with Crippen molar-refractivity contribution in [2.45, 2.75) is 18.9 Å². The first-order valence-electron chi connectivity index (χ1n) is 4.81. The van der Waals surface area contributed by atoms with Gasteiger partial charge in [0.05, 0.1) is 10.7 Å². The van der Waals surface area contributed by atoms with Crippen LogP contribution in [0, 0.1) is 5.92 Å². The fourth-order valence-electron chi connectivity index (χ4n) is 1.95. The summed E-state index contributed by atoms with van der Waals surface area (Å²) in [4.78, 5) is 0. The van der Waals surface area contributed by atoms with Crippen molar-refractivity contribution in [1.29, 1.82) is 0 Å². The van der Waals surface area contributed by atoms with Crippen molar-refractivity contribution in [3.63, 3.8) is 0 Å². The molecule has 1 aromatic rings. The Bertz CT molecular complexity index is 326. The molecule has 0 bridgehead atoms. The van der Waals surface area contributed by atoms with Crippen molar-refractivity contribution in [2.75, 3.05) is 13.1 Å². The molecule has 4 heteroatoms. The summed E-state index contributed by atoms with van der Waals surface area (Å²) in [5, 5.41) is 13.8. The summed E-state index contributed by atoms with van der Waals surface area (Å²) in [6.07, 6.45) is 2.30. The summed E-state index contributed by atoms with van der Waals surface area (Å²) in [6, 6.07) is 1.82. The minimum atomic E-state index is -0.826. The summed E-state index contributed by atoms with van der Waals surface area (Å²) in [7, 11) is 0. The maximum Gasteiger partial charge on any atom is 0.149 e. The Kier molecular flexibility index (Phi) is 2.68. The quantitative estimate of drug-likeness (QED) is 0.810. The molecule has 1 aromatic heterocycles. The van der Waals surface area contributed by atoms with Crippen LogP contribution < -0.4 is 5.32 Å². The molecule has 2 unspecified atom stereocenters. The number of rotatable bonds is 1. The van der Waals surface area contributed by atoms with Gasteiger partial charge >= 0.3 is 0 Å². The Labute approximate surface area is 91.6 Å². The molecule has 0 radical (unpaired) electrons. The number of hydrogen-bond donors (Lipinski definition) is 2. The molecule has 0 saturated carbocycles. The van der Waals surface area contributed by atoms with E-state index >= 15 is 0 Å². The fourth-order valence-corrected chi connectivity index (χ4v) is 2.50. The largest absolute Gasteiger partial charge is 0.465 e. The topological polar surface area (TPSA) is 45.4 Å². The standard InChI is InChI=1S/C10H14BrNO2/c1-7-6-12-4-3-10(7,13)9-8(11)2-5-14-9/h2,5,7,12-13H,3-4,6H2,1H3. The second kappa shape index (κ2) is 3.68. The van der Waals surface area contributed by atoms with Crippen molar-refractivity contribution < 1.29 is 9.52 Å². The van der Waals surface area contributed by atoms with Crippen molar-refractivity contribution in [1.82, 2.24) is 5.32 Å². The molecule has 0 aliphatic carbocycles. The maximum absolute atomic E-state index is 10.5. The average Bonchev–Trinajstić information content (AvgIpc) is 2.57. The first kappa shape index (κ1) is 10.2. The number of hydrogen-bond acceptors (Lipinski definition) is 3. The van der Waals surface area contributed by atoms with E-state index in [-0.39, 0.29) is 5.92 Å². The maximum atomic E-state index is 10.5. The monoisotopic (exact) mass is 259 g/mol. The van der Waals surface area contributed by atoms with E-state index in [4.69, 9.17) is 4.42 Å². The van der Waals surface area contributed by atoms with Crippen LogP contribution in [0.2, 0.25) is 0 Å². The number of piperidine rings is 1. The molecular formula is C10H14BrNO2. The average molecular weight is 260 g/mol. The third-order valence-corrected chi connectivity index (χ3v) is 3.58. The molecule has 3 nitrogen and oxygen atoms in total. The van der Waals surface area contributed by atoms with Gasteiger partial charge in [0, 0.05) is 12.5 Å². The molecule has 78 valence electrons. The van der Waals surface area contributed by atoms with E-state index in [1.54, 1.807) is 6.26 Å². The molecule has 2 heterocycles. The van der Waals surface area contributed by atoms with Gasteiger partial charge in [-0.15, -0.1) is 0 Å². The van der Waals surface area contributed by atoms with Gasteiger partial charge in [-0.2, -0.15) is 0 Å². The van der Waals surface area contributed by atoms with E-state index in [1.807, 2.05) is 13.0 Å². The Balaban J connectivity index is 2.34. The molecule has 1 saturated heterocycles. The van der Waals surface area contributed by atoms with Crippen LogP contribution >= 0.6 is 15.9 Å². The van der Waals surface area contributed by atoms with Gasteiger partial charge in [-0.3, -0.25) is 0 Å². The van der Waals surface area contributed by atoms with Gasteiger partial charge < -0.3 is 14.8 Å². The van der Waals surface area contributed by atoms with Crippen LogP contribution in [0.5, 0.6) is 0 Å². The van der Waals surface area contributed by atoms with Crippen molar-refractivity contribution >= 4 is 15.9 Å². The molecule has 1 aliphatic rings. The van der Waals surface area contributed by atoms with Crippen molar-refractivity contribution in [3.8, 4) is 0 Å². The van der Waals surface area contributed by atoms with Gasteiger partial charge in [-0.05, 0) is 35.0 Å². The third-order valence-electron chi connectivity index (χ3n) is 2.96. The first-order valence-corrected chi connectivity index (χ1v) is 5.60. The second-order valence-electron chi connectivity index (χ2n) is 3.88. The molecule has 0 spiro atoms. The zero-order valence-electron chi connectivity index (χ0n) is 8.09. The normalized spacial score (nSPS) is 33.2. The van der Waals surface area contributed by atoms with Crippen LogP contribution in [0.1, 0.15) is 19.1 Å². The first-order chi connectivity index (χ1) is 6.64. The fraction of sp³-hybridized carbons (Fsp3) is 0.600. The van der Waals surface area contributed by atoms with Crippen molar-refractivity contribution in [3.05, 3.63) is 22.6 Å². The summed E-state index contributed by atoms with van der Waals surface area (Å²) in [6.45, 7) is 3.68. The van der Waals surface area contributed by atoms with Gasteiger partial charge in [0.15, 0.2) is 0 Å². The van der Waals surface area contributed by atoms with Crippen LogP contribution in [0.3, 0.4) is 0 Å².